The Morgan fingerprint density at radius 3 is 1.63 bits per heavy atom. The van der Waals surface area contributed by atoms with Crippen LogP contribution in [-0.2, 0) is 62.0 Å². The van der Waals surface area contributed by atoms with Crippen molar-refractivity contribution >= 4 is 41.8 Å². The van der Waals surface area contributed by atoms with E-state index < -0.39 is 67.7 Å². The average Bonchev–Trinajstić information content (AvgIpc) is 3.27. The number of hydrogen-bond acceptors (Lipinski definition) is 16. The number of ether oxygens (including phenoxy) is 9. The summed E-state index contributed by atoms with van der Waals surface area (Å²) in [5.41, 5.74) is -0.202. The first kappa shape index (κ1) is 51.2. The van der Waals surface area contributed by atoms with Gasteiger partial charge in [-0.15, -0.1) is 0 Å². The normalized spacial score (nSPS) is 14.6. The topological polar surface area (TPSA) is 203 Å². The number of benzene rings is 2. The quantitative estimate of drug-likeness (QED) is 0.0265. The number of rotatable bonds is 24. The minimum atomic E-state index is -1.76. The highest BCUT2D eigenvalue weighted by molar-refractivity contribution is 6.30. The summed E-state index contributed by atoms with van der Waals surface area (Å²) in [6.45, 7) is 12.0. The molecule has 1 fully saturated rings. The molecule has 1 saturated carbocycles. The van der Waals surface area contributed by atoms with Gasteiger partial charge in [-0.2, -0.15) is 0 Å². The van der Waals surface area contributed by atoms with Gasteiger partial charge in [-0.25, -0.2) is 28.8 Å². The molecule has 0 amide bonds. The third-order valence-electron chi connectivity index (χ3n) is 9.96. The molecule has 0 heterocycles. The van der Waals surface area contributed by atoms with Crippen LogP contribution in [0, 0.1) is 17.3 Å². The summed E-state index contributed by atoms with van der Waals surface area (Å²) in [5, 5.41) is 0. The van der Waals surface area contributed by atoms with Crippen LogP contribution < -0.4 is 14.2 Å². The molecule has 0 N–H and O–H groups in total. The Hall–Kier alpha value is -6.19. The molecule has 16 nitrogen and oxygen atoms in total. The van der Waals surface area contributed by atoms with Crippen LogP contribution >= 0.6 is 0 Å². The molecule has 0 radical (unpaired) electrons. The Kier molecular flexibility index (Phi) is 21.4. The van der Waals surface area contributed by atoms with Gasteiger partial charge in [-0.1, -0.05) is 64.0 Å². The fourth-order valence-electron chi connectivity index (χ4n) is 6.37. The number of carbonyl (C=O) groups is 7. The highest BCUT2D eigenvalue weighted by Crippen LogP contribution is 2.36. The zero-order valence-corrected chi connectivity index (χ0v) is 37.0. The predicted molar refractivity (Wildman–Crippen MR) is 227 cm³/mol. The van der Waals surface area contributed by atoms with Gasteiger partial charge in [0, 0.05) is 11.1 Å². The van der Waals surface area contributed by atoms with E-state index in [1.165, 1.54) is 53.4 Å². The molecule has 1 aliphatic rings. The summed E-state index contributed by atoms with van der Waals surface area (Å²) in [5.74, 6) is -5.99. The highest BCUT2D eigenvalue weighted by Gasteiger charge is 2.39. The number of unbranched alkanes of at least 4 members (excludes halogenated alkanes) is 2. The summed E-state index contributed by atoms with van der Waals surface area (Å²) >= 11 is 0. The lowest BCUT2D eigenvalue weighted by molar-refractivity contribution is -0.178. The third-order valence-corrected chi connectivity index (χ3v) is 9.96. The van der Waals surface area contributed by atoms with Gasteiger partial charge < -0.3 is 42.6 Å². The van der Waals surface area contributed by atoms with Gasteiger partial charge in [0.1, 0.15) is 50.8 Å². The molecule has 0 bridgehead atoms. The molecular weight excluding hydrogens is 821 g/mol. The van der Waals surface area contributed by atoms with E-state index >= 15 is 0 Å². The molecule has 0 aliphatic heterocycles. The SMILES string of the molecule is C=C(C)C(=O)OCCOc1cc(-c2ccc(OC(=O)C3CCC(CCCCC)CC3)cc2)ccc1OCC(COC(=O)C(=C)C)(COC(=O)C(=O)OCC)COC(=O)C(=O)OCC. The lowest BCUT2D eigenvalue weighted by Crippen LogP contribution is -2.45. The molecule has 0 atom stereocenters. The average molecular weight is 881 g/mol. The van der Waals surface area contributed by atoms with Crippen molar-refractivity contribution in [3.63, 3.8) is 0 Å². The van der Waals surface area contributed by atoms with Crippen LogP contribution in [-0.4, -0.2) is 94.6 Å². The van der Waals surface area contributed by atoms with E-state index in [1.54, 1.807) is 42.5 Å². The van der Waals surface area contributed by atoms with Gasteiger partial charge in [-0.05, 0) is 94.7 Å². The third kappa shape index (κ3) is 17.2. The molecule has 1 aliphatic carbocycles. The second kappa shape index (κ2) is 26.3. The maximum absolute atomic E-state index is 13.1. The van der Waals surface area contributed by atoms with Gasteiger partial charge >= 0.3 is 41.8 Å². The van der Waals surface area contributed by atoms with Gasteiger partial charge in [0.05, 0.1) is 19.1 Å². The van der Waals surface area contributed by atoms with Crippen molar-refractivity contribution in [1.82, 2.24) is 0 Å². The Bertz CT molecular complexity index is 1870. The summed E-state index contributed by atoms with van der Waals surface area (Å²) in [7, 11) is 0. The van der Waals surface area contributed by atoms with Crippen molar-refractivity contribution in [2.24, 2.45) is 17.3 Å². The van der Waals surface area contributed by atoms with Crippen LogP contribution in [0.2, 0.25) is 0 Å². The van der Waals surface area contributed by atoms with Gasteiger partial charge in [0.15, 0.2) is 11.5 Å². The van der Waals surface area contributed by atoms with E-state index in [4.69, 9.17) is 42.6 Å². The molecular formula is C47H60O16. The van der Waals surface area contributed by atoms with Crippen LogP contribution in [0.4, 0.5) is 0 Å². The zero-order chi connectivity index (χ0) is 46.4. The summed E-state index contributed by atoms with van der Waals surface area (Å²) in [4.78, 5) is 87.1. The number of esters is 7. The van der Waals surface area contributed by atoms with Crippen molar-refractivity contribution in [2.75, 3.05) is 52.9 Å². The second-order valence-corrected chi connectivity index (χ2v) is 15.3. The van der Waals surface area contributed by atoms with Crippen molar-refractivity contribution in [2.45, 2.75) is 86.0 Å². The number of carbonyl (C=O) groups excluding carboxylic acids is 7. The molecule has 0 saturated heterocycles. The second-order valence-electron chi connectivity index (χ2n) is 15.3. The minimum absolute atomic E-state index is 0.0112. The predicted octanol–water partition coefficient (Wildman–Crippen LogP) is 6.84. The van der Waals surface area contributed by atoms with E-state index in [0.717, 1.165) is 25.7 Å². The van der Waals surface area contributed by atoms with Crippen molar-refractivity contribution in [3.8, 4) is 28.4 Å². The molecule has 344 valence electrons. The van der Waals surface area contributed by atoms with E-state index in [2.05, 4.69) is 20.1 Å². The molecule has 16 heteroatoms. The standard InChI is InChI=1S/C47H60O16/c1-8-11-12-13-33-14-16-35(17-15-33)42(50)63-37-21-18-34(19-22-37)36-20-23-38(39(26-36)57-24-25-58-40(48)31(4)5)59-27-47(28-60-41(49)32(6)7,29-61-45(53)43(51)55-9-2)30-62-46(54)44(52)56-10-3/h18-23,26,33,35H,4,6,8-17,24-25,27-30H2,1-3,5,7H3. The Balaban J connectivity index is 1.90. The first-order chi connectivity index (χ1) is 30.1. The van der Waals surface area contributed by atoms with Gasteiger partial charge in [0.25, 0.3) is 0 Å². The van der Waals surface area contributed by atoms with Crippen molar-refractivity contribution in [3.05, 3.63) is 66.8 Å². The molecule has 0 spiro atoms. The fraction of sp³-hybridized carbons (Fsp3) is 0.511. The van der Waals surface area contributed by atoms with Gasteiger partial charge in [-0.3, -0.25) is 4.79 Å². The number of hydrogen-bond donors (Lipinski definition) is 0. The van der Waals surface area contributed by atoms with Crippen molar-refractivity contribution in [1.29, 1.82) is 0 Å². The minimum Gasteiger partial charge on any atom is -0.489 e. The Labute approximate surface area is 368 Å². The van der Waals surface area contributed by atoms with Crippen LogP contribution in [0.3, 0.4) is 0 Å². The monoisotopic (exact) mass is 880 g/mol. The van der Waals surface area contributed by atoms with Crippen molar-refractivity contribution < 1.29 is 76.2 Å². The highest BCUT2D eigenvalue weighted by atomic mass is 16.6. The molecule has 3 rings (SSSR count). The molecule has 63 heavy (non-hydrogen) atoms. The molecule has 0 unspecified atom stereocenters. The first-order valence-corrected chi connectivity index (χ1v) is 21.2. The van der Waals surface area contributed by atoms with E-state index in [1.807, 2.05) is 0 Å². The maximum Gasteiger partial charge on any atom is 0.417 e. The van der Waals surface area contributed by atoms with E-state index in [0.29, 0.717) is 22.8 Å². The first-order valence-electron chi connectivity index (χ1n) is 21.2. The lowest BCUT2D eigenvalue weighted by atomic mass is 9.80. The molecule has 2 aromatic carbocycles. The molecule has 2 aromatic rings. The van der Waals surface area contributed by atoms with Gasteiger partial charge in [0.2, 0.25) is 0 Å². The van der Waals surface area contributed by atoms with E-state index in [-0.39, 0.29) is 61.0 Å². The maximum atomic E-state index is 13.1. The summed E-state index contributed by atoms with van der Waals surface area (Å²) in [6, 6.07) is 11.8. The largest absolute Gasteiger partial charge is 0.489 e. The van der Waals surface area contributed by atoms with Crippen LogP contribution in [0.1, 0.15) is 86.0 Å². The zero-order valence-electron chi connectivity index (χ0n) is 37.0. The summed E-state index contributed by atoms with van der Waals surface area (Å²) < 4.78 is 48.5. The Morgan fingerprint density at radius 2 is 1.10 bits per heavy atom. The smallest absolute Gasteiger partial charge is 0.417 e. The lowest BCUT2D eigenvalue weighted by Gasteiger charge is -2.32. The fourth-order valence-corrected chi connectivity index (χ4v) is 6.37. The summed E-state index contributed by atoms with van der Waals surface area (Å²) in [6.07, 6.45) is 8.53. The van der Waals surface area contributed by atoms with Crippen LogP contribution in [0.5, 0.6) is 17.2 Å². The molecule has 0 aromatic heterocycles. The Morgan fingerprint density at radius 1 is 0.571 bits per heavy atom. The van der Waals surface area contributed by atoms with Crippen LogP contribution in [0.25, 0.3) is 11.1 Å². The van der Waals surface area contributed by atoms with E-state index in [9.17, 15) is 33.6 Å². The van der Waals surface area contributed by atoms with Crippen LogP contribution in [0.15, 0.2) is 66.8 Å².